The van der Waals surface area contributed by atoms with Gasteiger partial charge in [-0.25, -0.2) is 4.39 Å². The molecule has 1 atom stereocenters. The first-order valence-corrected chi connectivity index (χ1v) is 5.30. The summed E-state index contributed by atoms with van der Waals surface area (Å²) in [5.41, 5.74) is 6.40. The van der Waals surface area contributed by atoms with Gasteiger partial charge in [0.1, 0.15) is 6.67 Å². The molecule has 1 rings (SSSR count). The number of hydrogen-bond donors (Lipinski definition) is 1. The third kappa shape index (κ3) is 3.86. The largest absolute Gasteiger partial charge is 0.322 e. The van der Waals surface area contributed by atoms with Crippen LogP contribution in [0.5, 0.6) is 0 Å². The number of thioether (sulfide) groups is 1. The van der Waals surface area contributed by atoms with Gasteiger partial charge in [0.15, 0.2) is 0 Å². The molecule has 0 fully saturated rings. The second-order valence-corrected chi connectivity index (χ2v) is 4.10. The highest BCUT2D eigenvalue weighted by molar-refractivity contribution is 7.99. The molecule has 1 aromatic rings. The summed E-state index contributed by atoms with van der Waals surface area (Å²) in [6, 6.07) is 7.28. The van der Waals surface area contributed by atoms with E-state index in [2.05, 4.69) is 6.92 Å². The molecule has 0 amide bonds. The molecule has 0 spiro atoms. The normalized spacial score (nSPS) is 11.9. The number of nitrogens with two attached hydrogens (primary N) is 1. The SMILES string of the molecule is CCSc1ccc([C@H](N)CF)cc1.Cl. The summed E-state index contributed by atoms with van der Waals surface area (Å²) in [5.74, 6) is 1.05. The van der Waals surface area contributed by atoms with Gasteiger partial charge in [-0.1, -0.05) is 19.1 Å². The molecule has 0 unspecified atom stereocenters. The van der Waals surface area contributed by atoms with Crippen molar-refractivity contribution < 1.29 is 4.39 Å². The maximum atomic E-state index is 12.2. The summed E-state index contributed by atoms with van der Waals surface area (Å²) in [6.07, 6.45) is 0. The maximum Gasteiger partial charge on any atom is 0.109 e. The van der Waals surface area contributed by atoms with E-state index in [0.717, 1.165) is 11.3 Å². The van der Waals surface area contributed by atoms with E-state index >= 15 is 0 Å². The third-order valence-electron chi connectivity index (χ3n) is 1.79. The number of rotatable bonds is 4. The van der Waals surface area contributed by atoms with Crippen LogP contribution < -0.4 is 5.73 Å². The summed E-state index contributed by atoms with van der Waals surface area (Å²) >= 11 is 1.77. The van der Waals surface area contributed by atoms with Crippen molar-refractivity contribution in [2.45, 2.75) is 17.9 Å². The first-order valence-electron chi connectivity index (χ1n) is 4.32. The third-order valence-corrected chi connectivity index (χ3v) is 2.68. The summed E-state index contributed by atoms with van der Waals surface area (Å²) in [7, 11) is 0. The Kier molecular flexibility index (Phi) is 6.97. The average molecular weight is 236 g/mol. The molecule has 0 aliphatic carbocycles. The van der Waals surface area contributed by atoms with Gasteiger partial charge in [0.2, 0.25) is 0 Å². The molecule has 0 heterocycles. The highest BCUT2D eigenvalue weighted by atomic mass is 35.5. The van der Waals surface area contributed by atoms with E-state index in [-0.39, 0.29) is 12.4 Å². The van der Waals surface area contributed by atoms with E-state index in [0.29, 0.717) is 0 Å². The minimum atomic E-state index is -0.500. The second kappa shape index (κ2) is 7.10. The Morgan fingerprint density at radius 3 is 2.36 bits per heavy atom. The van der Waals surface area contributed by atoms with E-state index in [1.165, 1.54) is 4.90 Å². The van der Waals surface area contributed by atoms with Crippen LogP contribution in [0.2, 0.25) is 0 Å². The zero-order valence-corrected chi connectivity index (χ0v) is 9.71. The molecule has 14 heavy (non-hydrogen) atoms. The maximum absolute atomic E-state index is 12.2. The minimum absolute atomic E-state index is 0. The zero-order chi connectivity index (χ0) is 9.68. The van der Waals surface area contributed by atoms with Crippen molar-refractivity contribution in [3.8, 4) is 0 Å². The molecule has 0 aliphatic heterocycles. The monoisotopic (exact) mass is 235 g/mol. The predicted octanol–water partition coefficient (Wildman–Crippen LogP) is 3.19. The van der Waals surface area contributed by atoms with Crippen molar-refractivity contribution in [2.75, 3.05) is 12.4 Å². The van der Waals surface area contributed by atoms with E-state index in [9.17, 15) is 4.39 Å². The lowest BCUT2D eigenvalue weighted by atomic mass is 10.1. The Labute approximate surface area is 94.7 Å². The van der Waals surface area contributed by atoms with E-state index in [1.54, 1.807) is 11.8 Å². The summed E-state index contributed by atoms with van der Waals surface area (Å²) in [5, 5.41) is 0. The Balaban J connectivity index is 0.00000169. The minimum Gasteiger partial charge on any atom is -0.322 e. The number of alkyl halides is 1. The summed E-state index contributed by atoms with van der Waals surface area (Å²) in [4.78, 5) is 1.21. The fourth-order valence-electron chi connectivity index (χ4n) is 1.07. The molecule has 0 aromatic heterocycles. The molecule has 2 N–H and O–H groups in total. The first kappa shape index (κ1) is 13.8. The van der Waals surface area contributed by atoms with Crippen molar-refractivity contribution in [1.29, 1.82) is 0 Å². The zero-order valence-electron chi connectivity index (χ0n) is 8.07. The van der Waals surface area contributed by atoms with E-state index < -0.39 is 12.7 Å². The van der Waals surface area contributed by atoms with Crippen molar-refractivity contribution in [2.24, 2.45) is 5.73 Å². The highest BCUT2D eigenvalue weighted by Crippen LogP contribution is 2.19. The van der Waals surface area contributed by atoms with Gasteiger partial charge in [-0.2, -0.15) is 0 Å². The molecule has 1 aromatic carbocycles. The lowest BCUT2D eigenvalue weighted by Gasteiger charge is -2.07. The number of hydrogen-bond acceptors (Lipinski definition) is 2. The van der Waals surface area contributed by atoms with Gasteiger partial charge >= 0.3 is 0 Å². The second-order valence-electron chi connectivity index (χ2n) is 2.76. The molecule has 80 valence electrons. The fourth-order valence-corrected chi connectivity index (χ4v) is 1.73. The topological polar surface area (TPSA) is 26.0 Å². The molecule has 0 saturated carbocycles. The molecular weight excluding hydrogens is 221 g/mol. The van der Waals surface area contributed by atoms with Crippen LogP contribution >= 0.6 is 24.2 Å². The van der Waals surface area contributed by atoms with Gasteiger partial charge in [0.25, 0.3) is 0 Å². The highest BCUT2D eigenvalue weighted by Gasteiger charge is 2.03. The predicted molar refractivity (Wildman–Crippen MR) is 63.0 cm³/mol. The Morgan fingerprint density at radius 2 is 1.93 bits per heavy atom. The van der Waals surface area contributed by atoms with Crippen LogP contribution in [0.3, 0.4) is 0 Å². The molecule has 0 aliphatic rings. The lowest BCUT2D eigenvalue weighted by molar-refractivity contribution is 0.437. The van der Waals surface area contributed by atoms with Crippen LogP contribution in [0.15, 0.2) is 29.2 Å². The molecular formula is C10H15ClFNS. The summed E-state index contributed by atoms with van der Waals surface area (Å²) in [6.45, 7) is 1.60. The van der Waals surface area contributed by atoms with Crippen molar-refractivity contribution in [3.63, 3.8) is 0 Å². The van der Waals surface area contributed by atoms with Gasteiger partial charge in [0, 0.05) is 4.90 Å². The van der Waals surface area contributed by atoms with Gasteiger partial charge in [-0.15, -0.1) is 24.2 Å². The van der Waals surface area contributed by atoms with Crippen molar-refractivity contribution >= 4 is 24.2 Å². The van der Waals surface area contributed by atoms with Gasteiger partial charge in [-0.3, -0.25) is 0 Å². The van der Waals surface area contributed by atoms with Crippen LogP contribution in [-0.4, -0.2) is 12.4 Å². The first-order chi connectivity index (χ1) is 6.27. The average Bonchev–Trinajstić information content (AvgIpc) is 2.18. The summed E-state index contributed by atoms with van der Waals surface area (Å²) < 4.78 is 12.2. The molecule has 4 heteroatoms. The molecule has 0 saturated heterocycles. The van der Waals surface area contributed by atoms with Crippen LogP contribution in [0.1, 0.15) is 18.5 Å². The Morgan fingerprint density at radius 1 is 1.36 bits per heavy atom. The van der Waals surface area contributed by atoms with Crippen molar-refractivity contribution in [3.05, 3.63) is 29.8 Å². The van der Waals surface area contributed by atoms with Crippen LogP contribution in [0.4, 0.5) is 4.39 Å². The van der Waals surface area contributed by atoms with Crippen LogP contribution in [-0.2, 0) is 0 Å². The Bertz CT molecular complexity index is 253. The van der Waals surface area contributed by atoms with E-state index in [4.69, 9.17) is 5.73 Å². The standard InChI is InChI=1S/C10H14FNS.ClH/c1-2-13-9-5-3-8(4-6-9)10(12)7-11;/h3-6,10H,2,7,12H2,1H3;1H/t10-;/m1./s1. The fraction of sp³-hybridized carbons (Fsp3) is 0.400. The Hall–Kier alpha value is -0.250. The quantitative estimate of drug-likeness (QED) is 0.812. The lowest BCUT2D eigenvalue weighted by Crippen LogP contribution is -2.11. The van der Waals surface area contributed by atoms with Crippen LogP contribution in [0.25, 0.3) is 0 Å². The molecule has 1 nitrogen and oxygen atoms in total. The molecule has 0 bridgehead atoms. The number of benzene rings is 1. The molecule has 0 radical (unpaired) electrons. The van der Waals surface area contributed by atoms with Gasteiger partial charge in [0.05, 0.1) is 6.04 Å². The van der Waals surface area contributed by atoms with E-state index in [1.807, 2.05) is 24.3 Å². The van der Waals surface area contributed by atoms with Gasteiger partial charge < -0.3 is 5.73 Å². The van der Waals surface area contributed by atoms with Crippen molar-refractivity contribution in [1.82, 2.24) is 0 Å². The number of halogens is 2. The van der Waals surface area contributed by atoms with Gasteiger partial charge in [-0.05, 0) is 23.4 Å². The van der Waals surface area contributed by atoms with Crippen LogP contribution in [0, 0.1) is 0 Å². The smallest absolute Gasteiger partial charge is 0.109 e.